The molecule has 0 saturated carbocycles. The van der Waals surface area contributed by atoms with Crippen molar-refractivity contribution in [3.05, 3.63) is 65.1 Å². The van der Waals surface area contributed by atoms with Gasteiger partial charge in [-0.2, -0.15) is 11.3 Å². The van der Waals surface area contributed by atoms with Gasteiger partial charge in [0.25, 0.3) is 0 Å². The number of piperidine rings is 1. The van der Waals surface area contributed by atoms with Crippen molar-refractivity contribution in [2.24, 2.45) is 0 Å². The van der Waals surface area contributed by atoms with Crippen LogP contribution in [0.1, 0.15) is 24.3 Å². The fraction of sp³-hybridized carbons (Fsp3) is 0.263. The van der Waals surface area contributed by atoms with Gasteiger partial charge >= 0.3 is 0 Å². The topological polar surface area (TPSA) is 29.0 Å². The van der Waals surface area contributed by atoms with Gasteiger partial charge < -0.3 is 4.90 Å². The fourth-order valence-electron chi connectivity index (χ4n) is 3.22. The Morgan fingerprint density at radius 1 is 1.00 bits per heavy atom. The summed E-state index contributed by atoms with van der Waals surface area (Å²) in [6.45, 7) is 2.09. The Bertz CT molecular complexity index is 747. The summed E-state index contributed by atoms with van der Waals surface area (Å²) in [6.07, 6.45) is 6.09. The van der Waals surface area contributed by atoms with E-state index in [2.05, 4.69) is 57.0 Å². The number of anilines is 1. The Kier molecular flexibility index (Phi) is 4.07. The van der Waals surface area contributed by atoms with Crippen LogP contribution in [0.25, 0.3) is 11.3 Å². The molecule has 0 amide bonds. The molecule has 0 unspecified atom stereocenters. The van der Waals surface area contributed by atoms with E-state index < -0.39 is 0 Å². The van der Waals surface area contributed by atoms with E-state index in [1.54, 1.807) is 11.3 Å². The zero-order chi connectivity index (χ0) is 15.5. The van der Waals surface area contributed by atoms with Gasteiger partial charge in [0.1, 0.15) is 5.82 Å². The molecule has 1 aliphatic rings. The molecule has 1 aromatic carbocycles. The highest BCUT2D eigenvalue weighted by molar-refractivity contribution is 7.08. The smallest absolute Gasteiger partial charge is 0.147 e. The SMILES string of the molecule is c1ccc(C2CCN(c3cncc(-c4ccsc4)n3)CC2)cc1. The van der Waals surface area contributed by atoms with Gasteiger partial charge in [-0.25, -0.2) is 4.98 Å². The van der Waals surface area contributed by atoms with Crippen molar-refractivity contribution in [1.29, 1.82) is 0 Å². The standard InChI is InChI=1S/C19H19N3S/c1-2-4-15(5-3-1)16-6-9-22(10-7-16)19-13-20-12-18(21-19)17-8-11-23-14-17/h1-5,8,11-14,16H,6-7,9-10H2. The Morgan fingerprint density at radius 2 is 1.83 bits per heavy atom. The molecule has 3 heterocycles. The molecule has 3 aromatic rings. The van der Waals surface area contributed by atoms with E-state index in [9.17, 15) is 0 Å². The summed E-state index contributed by atoms with van der Waals surface area (Å²) in [7, 11) is 0. The van der Waals surface area contributed by atoms with Crippen LogP contribution in [0, 0.1) is 0 Å². The van der Waals surface area contributed by atoms with Crippen LogP contribution in [-0.4, -0.2) is 23.1 Å². The van der Waals surface area contributed by atoms with Crippen molar-refractivity contribution >= 4 is 17.2 Å². The molecule has 4 heteroatoms. The summed E-state index contributed by atoms with van der Waals surface area (Å²) in [6, 6.07) is 13.0. The lowest BCUT2D eigenvalue weighted by atomic mass is 9.89. The van der Waals surface area contributed by atoms with E-state index >= 15 is 0 Å². The van der Waals surface area contributed by atoms with Crippen LogP contribution in [0.3, 0.4) is 0 Å². The minimum Gasteiger partial charge on any atom is -0.355 e. The van der Waals surface area contributed by atoms with Crippen molar-refractivity contribution in [2.75, 3.05) is 18.0 Å². The van der Waals surface area contributed by atoms with E-state index in [-0.39, 0.29) is 0 Å². The number of aromatic nitrogens is 2. The molecule has 0 aliphatic carbocycles. The molecule has 0 bridgehead atoms. The average molecular weight is 321 g/mol. The van der Waals surface area contributed by atoms with Gasteiger partial charge in [0, 0.05) is 24.0 Å². The predicted molar refractivity (Wildman–Crippen MR) is 96.0 cm³/mol. The minimum absolute atomic E-state index is 0.667. The number of hydrogen-bond acceptors (Lipinski definition) is 4. The maximum atomic E-state index is 4.81. The molecular weight excluding hydrogens is 302 g/mol. The molecule has 0 spiro atoms. The molecule has 1 saturated heterocycles. The van der Waals surface area contributed by atoms with Crippen molar-refractivity contribution in [2.45, 2.75) is 18.8 Å². The number of hydrogen-bond donors (Lipinski definition) is 0. The summed E-state index contributed by atoms with van der Waals surface area (Å²) in [5.41, 5.74) is 3.59. The molecule has 116 valence electrons. The number of nitrogens with zero attached hydrogens (tertiary/aromatic N) is 3. The first-order chi connectivity index (χ1) is 11.4. The number of thiophene rings is 1. The normalized spacial score (nSPS) is 15.7. The van der Waals surface area contributed by atoms with Crippen LogP contribution in [0.4, 0.5) is 5.82 Å². The van der Waals surface area contributed by atoms with Crippen molar-refractivity contribution in [3.63, 3.8) is 0 Å². The van der Waals surface area contributed by atoms with Gasteiger partial charge in [-0.3, -0.25) is 4.98 Å². The Morgan fingerprint density at radius 3 is 2.57 bits per heavy atom. The zero-order valence-electron chi connectivity index (χ0n) is 12.9. The van der Waals surface area contributed by atoms with Crippen LogP contribution < -0.4 is 4.90 Å². The van der Waals surface area contributed by atoms with Gasteiger partial charge in [0.2, 0.25) is 0 Å². The van der Waals surface area contributed by atoms with Gasteiger partial charge in [0.05, 0.1) is 18.1 Å². The van der Waals surface area contributed by atoms with Crippen molar-refractivity contribution in [1.82, 2.24) is 9.97 Å². The molecule has 2 aromatic heterocycles. The molecule has 1 fully saturated rings. The summed E-state index contributed by atoms with van der Waals surface area (Å²) in [4.78, 5) is 11.6. The second kappa shape index (κ2) is 6.50. The van der Waals surface area contributed by atoms with E-state index in [4.69, 9.17) is 4.98 Å². The highest BCUT2D eigenvalue weighted by Gasteiger charge is 2.21. The minimum atomic E-state index is 0.667. The maximum Gasteiger partial charge on any atom is 0.147 e. The first kappa shape index (κ1) is 14.4. The highest BCUT2D eigenvalue weighted by Crippen LogP contribution is 2.30. The van der Waals surface area contributed by atoms with E-state index in [1.807, 2.05) is 12.4 Å². The zero-order valence-corrected chi connectivity index (χ0v) is 13.7. The van der Waals surface area contributed by atoms with Crippen molar-refractivity contribution < 1.29 is 0 Å². The quantitative estimate of drug-likeness (QED) is 0.706. The van der Waals surface area contributed by atoms with Crippen molar-refractivity contribution in [3.8, 4) is 11.3 Å². The predicted octanol–water partition coefficient (Wildman–Crippen LogP) is 4.59. The molecule has 0 N–H and O–H groups in total. The second-order valence-electron chi connectivity index (χ2n) is 5.95. The lowest BCUT2D eigenvalue weighted by molar-refractivity contribution is 0.502. The van der Waals surface area contributed by atoms with E-state index in [1.165, 1.54) is 18.4 Å². The molecule has 4 rings (SSSR count). The molecule has 3 nitrogen and oxygen atoms in total. The third kappa shape index (κ3) is 3.13. The lowest BCUT2D eigenvalue weighted by Gasteiger charge is -2.33. The van der Waals surface area contributed by atoms with Crippen LogP contribution in [0.5, 0.6) is 0 Å². The average Bonchev–Trinajstić information content (AvgIpc) is 3.18. The Hall–Kier alpha value is -2.20. The first-order valence-electron chi connectivity index (χ1n) is 8.04. The molecule has 1 aliphatic heterocycles. The van der Waals surface area contributed by atoms with Crippen LogP contribution in [0.2, 0.25) is 0 Å². The number of rotatable bonds is 3. The Labute approximate surface area is 140 Å². The monoisotopic (exact) mass is 321 g/mol. The molecule has 0 radical (unpaired) electrons. The highest BCUT2D eigenvalue weighted by atomic mass is 32.1. The summed E-state index contributed by atoms with van der Waals surface area (Å²) in [5, 5.41) is 4.20. The summed E-state index contributed by atoms with van der Waals surface area (Å²) >= 11 is 1.69. The van der Waals surface area contributed by atoms with Crippen LogP contribution in [0.15, 0.2) is 59.6 Å². The van der Waals surface area contributed by atoms with E-state index in [0.717, 1.165) is 30.2 Å². The summed E-state index contributed by atoms with van der Waals surface area (Å²) in [5.74, 6) is 1.67. The van der Waals surface area contributed by atoms with Gasteiger partial charge in [-0.05, 0) is 35.8 Å². The van der Waals surface area contributed by atoms with Gasteiger partial charge in [-0.15, -0.1) is 0 Å². The summed E-state index contributed by atoms with van der Waals surface area (Å²) < 4.78 is 0. The maximum absolute atomic E-state index is 4.81. The van der Waals surface area contributed by atoms with E-state index in [0.29, 0.717) is 5.92 Å². The fourth-order valence-corrected chi connectivity index (χ4v) is 3.87. The third-order valence-electron chi connectivity index (χ3n) is 4.53. The molecular formula is C19H19N3S. The molecule has 23 heavy (non-hydrogen) atoms. The third-order valence-corrected chi connectivity index (χ3v) is 5.21. The lowest BCUT2D eigenvalue weighted by Crippen LogP contribution is -2.33. The van der Waals surface area contributed by atoms with Crippen LogP contribution in [-0.2, 0) is 0 Å². The van der Waals surface area contributed by atoms with Gasteiger partial charge in [-0.1, -0.05) is 30.3 Å². The largest absolute Gasteiger partial charge is 0.355 e. The first-order valence-corrected chi connectivity index (χ1v) is 8.99. The number of benzene rings is 1. The molecule has 0 atom stereocenters. The Balaban J connectivity index is 1.47. The van der Waals surface area contributed by atoms with Gasteiger partial charge in [0.15, 0.2) is 0 Å². The van der Waals surface area contributed by atoms with Crippen LogP contribution >= 0.6 is 11.3 Å². The second-order valence-corrected chi connectivity index (χ2v) is 6.73.